The van der Waals surface area contributed by atoms with Crippen molar-refractivity contribution in [1.29, 1.82) is 0 Å². The van der Waals surface area contributed by atoms with E-state index in [0.29, 0.717) is 58.3 Å². The minimum Gasteiger partial charge on any atom is -0.354 e. The van der Waals surface area contributed by atoms with Crippen LogP contribution in [-0.4, -0.2) is 112 Å². The zero-order valence-corrected chi connectivity index (χ0v) is 17.9. The van der Waals surface area contributed by atoms with Gasteiger partial charge in [-0.25, -0.2) is 17.6 Å². The zero-order valence-electron chi connectivity index (χ0n) is 17.9. The van der Waals surface area contributed by atoms with Crippen LogP contribution in [0.15, 0.2) is 0 Å². The Kier molecular flexibility index (Phi) is 7.56. The van der Waals surface area contributed by atoms with Crippen LogP contribution in [0.4, 0.5) is 35.1 Å². The third-order valence-corrected chi connectivity index (χ3v) is 5.62. The van der Waals surface area contributed by atoms with Gasteiger partial charge in [0, 0.05) is 72.0 Å². The first kappa shape index (κ1) is 22.8. The second-order valence-corrected chi connectivity index (χ2v) is 8.05. The summed E-state index contributed by atoms with van der Waals surface area (Å²) in [4.78, 5) is 19.1. The molecule has 11 heteroatoms. The van der Waals surface area contributed by atoms with Crippen LogP contribution in [0.5, 0.6) is 0 Å². The molecule has 0 saturated carbocycles. The lowest BCUT2D eigenvalue weighted by molar-refractivity contribution is 0.0851. The quantitative estimate of drug-likeness (QED) is 0.606. The molecule has 2 aliphatic rings. The van der Waals surface area contributed by atoms with E-state index >= 15 is 0 Å². The van der Waals surface area contributed by atoms with Crippen LogP contribution in [0.2, 0.25) is 0 Å². The minimum atomic E-state index is -2.33. The molecule has 7 nitrogen and oxygen atoms in total. The second kappa shape index (κ2) is 9.95. The van der Waals surface area contributed by atoms with E-state index < -0.39 is 12.9 Å². The van der Waals surface area contributed by atoms with Crippen molar-refractivity contribution in [1.82, 2.24) is 19.8 Å². The maximum atomic E-state index is 12.7. The highest BCUT2D eigenvalue weighted by molar-refractivity contribution is 5.63. The summed E-state index contributed by atoms with van der Waals surface area (Å²) < 4.78 is 50.7. The average Bonchev–Trinajstić information content (AvgIpc) is 2.68. The number of nitrogens with zero attached hydrogens (tertiary/aromatic N) is 7. The van der Waals surface area contributed by atoms with Crippen LogP contribution in [0, 0.1) is 6.92 Å². The third-order valence-electron chi connectivity index (χ3n) is 5.62. The fraction of sp³-hybridized carbons (Fsp3) is 0.789. The average molecular weight is 433 g/mol. The normalized spacial score (nSPS) is 19.2. The predicted octanol–water partition coefficient (Wildman–Crippen LogP) is 1.63. The van der Waals surface area contributed by atoms with Gasteiger partial charge < -0.3 is 14.7 Å². The first-order chi connectivity index (χ1) is 14.2. The Hall–Kier alpha value is -1.88. The molecule has 0 unspecified atom stereocenters. The molecule has 30 heavy (non-hydrogen) atoms. The molecular weight excluding hydrogens is 402 g/mol. The Labute approximate surface area is 175 Å². The highest BCUT2D eigenvalue weighted by atomic mass is 19.3. The molecule has 2 aliphatic heterocycles. The van der Waals surface area contributed by atoms with Crippen molar-refractivity contribution >= 4 is 17.6 Å². The summed E-state index contributed by atoms with van der Waals surface area (Å²) in [5.41, 5.74) is 0.935. The van der Waals surface area contributed by atoms with E-state index in [9.17, 15) is 17.6 Å². The number of hydrogen-bond donors (Lipinski definition) is 0. The predicted molar refractivity (Wildman–Crippen MR) is 110 cm³/mol. The van der Waals surface area contributed by atoms with Gasteiger partial charge in [0.2, 0.25) is 5.95 Å². The van der Waals surface area contributed by atoms with Gasteiger partial charge >= 0.3 is 0 Å². The zero-order chi connectivity index (χ0) is 21.8. The van der Waals surface area contributed by atoms with E-state index in [1.807, 2.05) is 25.9 Å². The van der Waals surface area contributed by atoms with Crippen LogP contribution in [-0.2, 0) is 0 Å². The summed E-state index contributed by atoms with van der Waals surface area (Å²) in [5, 5.41) is 0. The third kappa shape index (κ3) is 5.63. The van der Waals surface area contributed by atoms with Crippen molar-refractivity contribution in [3.05, 3.63) is 5.56 Å². The molecule has 2 saturated heterocycles. The lowest BCUT2D eigenvalue weighted by atomic mass is 10.2. The number of anilines is 3. The van der Waals surface area contributed by atoms with E-state index in [4.69, 9.17) is 9.97 Å². The van der Waals surface area contributed by atoms with Crippen LogP contribution in [0.1, 0.15) is 5.56 Å². The molecule has 1 aromatic rings. The summed E-state index contributed by atoms with van der Waals surface area (Å²) in [6.07, 6.45) is -4.65. The molecule has 0 aromatic carbocycles. The molecule has 0 radical (unpaired) electrons. The molecule has 3 heterocycles. The summed E-state index contributed by atoms with van der Waals surface area (Å²) in [6, 6.07) is 0. The number of alkyl halides is 4. The fourth-order valence-electron chi connectivity index (χ4n) is 3.97. The molecule has 0 atom stereocenters. The van der Waals surface area contributed by atoms with Crippen LogP contribution in [0.3, 0.4) is 0 Å². The summed E-state index contributed by atoms with van der Waals surface area (Å²) in [5.74, 6) is 2.21. The van der Waals surface area contributed by atoms with E-state index in [1.165, 1.54) is 0 Å². The summed E-state index contributed by atoms with van der Waals surface area (Å²) in [6.45, 7) is 6.32. The maximum absolute atomic E-state index is 12.7. The van der Waals surface area contributed by atoms with Crippen LogP contribution < -0.4 is 14.7 Å². The van der Waals surface area contributed by atoms with E-state index in [1.54, 1.807) is 9.80 Å². The van der Waals surface area contributed by atoms with E-state index in [0.717, 1.165) is 17.2 Å². The monoisotopic (exact) mass is 433 g/mol. The topological polar surface area (TPSA) is 42.0 Å². The van der Waals surface area contributed by atoms with Crippen molar-refractivity contribution in [2.75, 3.05) is 94.2 Å². The van der Waals surface area contributed by atoms with Crippen molar-refractivity contribution in [3.8, 4) is 0 Å². The van der Waals surface area contributed by atoms with Crippen LogP contribution in [0.25, 0.3) is 0 Å². The van der Waals surface area contributed by atoms with Crippen molar-refractivity contribution < 1.29 is 17.6 Å². The molecule has 3 rings (SSSR count). The van der Waals surface area contributed by atoms with Crippen molar-refractivity contribution in [2.24, 2.45) is 0 Å². The van der Waals surface area contributed by atoms with Gasteiger partial charge in [0.1, 0.15) is 11.6 Å². The van der Waals surface area contributed by atoms with Gasteiger partial charge in [-0.15, -0.1) is 0 Å². The van der Waals surface area contributed by atoms with Crippen LogP contribution >= 0.6 is 0 Å². The first-order valence-corrected chi connectivity index (χ1v) is 10.3. The SMILES string of the molecule is Cc1c(N2CCN(CC(F)F)CC2)nc(N(C)C)nc1N1CCN(CC(F)F)CC1. The molecule has 0 amide bonds. The second-order valence-electron chi connectivity index (χ2n) is 8.05. The number of rotatable bonds is 7. The first-order valence-electron chi connectivity index (χ1n) is 10.3. The number of halogens is 4. The molecule has 1 aromatic heterocycles. The summed E-state index contributed by atoms with van der Waals surface area (Å²) in [7, 11) is 3.75. The van der Waals surface area contributed by atoms with Gasteiger partial charge in [-0.3, -0.25) is 9.80 Å². The maximum Gasteiger partial charge on any atom is 0.251 e. The van der Waals surface area contributed by atoms with Gasteiger partial charge in [0.05, 0.1) is 13.1 Å². The van der Waals surface area contributed by atoms with E-state index in [-0.39, 0.29) is 13.1 Å². The highest BCUT2D eigenvalue weighted by Crippen LogP contribution is 2.30. The Bertz CT molecular complexity index is 636. The minimum absolute atomic E-state index is 0.201. The highest BCUT2D eigenvalue weighted by Gasteiger charge is 2.27. The van der Waals surface area contributed by atoms with Gasteiger partial charge in [-0.1, -0.05) is 0 Å². The van der Waals surface area contributed by atoms with Gasteiger partial charge in [-0.05, 0) is 6.92 Å². The molecule has 2 fully saturated rings. The molecule has 0 spiro atoms. The van der Waals surface area contributed by atoms with Crippen molar-refractivity contribution in [3.63, 3.8) is 0 Å². The Morgan fingerprint density at radius 2 is 1.10 bits per heavy atom. The summed E-state index contributed by atoms with van der Waals surface area (Å²) >= 11 is 0. The number of piperazine rings is 2. The molecule has 0 N–H and O–H groups in total. The standard InChI is InChI=1S/C19H31F4N7/c1-14-17(29-8-4-27(5-9-29)12-15(20)21)24-19(26(2)3)25-18(14)30-10-6-28(7-11-30)13-16(22)23/h15-16H,4-13H2,1-3H3. The Morgan fingerprint density at radius 3 is 1.40 bits per heavy atom. The van der Waals surface area contributed by atoms with E-state index in [2.05, 4.69) is 9.80 Å². The Balaban J connectivity index is 1.76. The van der Waals surface area contributed by atoms with Gasteiger partial charge in [0.25, 0.3) is 12.9 Å². The lowest BCUT2D eigenvalue weighted by Crippen LogP contribution is -2.49. The molecular formula is C19H31F4N7. The molecule has 0 bridgehead atoms. The number of aromatic nitrogens is 2. The largest absolute Gasteiger partial charge is 0.354 e. The van der Waals surface area contributed by atoms with Crippen molar-refractivity contribution in [2.45, 2.75) is 19.8 Å². The molecule has 170 valence electrons. The smallest absolute Gasteiger partial charge is 0.251 e. The van der Waals surface area contributed by atoms with Gasteiger partial charge in [0.15, 0.2) is 0 Å². The lowest BCUT2D eigenvalue weighted by Gasteiger charge is -2.38. The Morgan fingerprint density at radius 1 is 0.733 bits per heavy atom. The molecule has 0 aliphatic carbocycles. The van der Waals surface area contributed by atoms with Gasteiger partial charge in [-0.2, -0.15) is 9.97 Å². The fourth-order valence-corrected chi connectivity index (χ4v) is 3.97. The number of hydrogen-bond acceptors (Lipinski definition) is 7.